The Morgan fingerprint density at radius 1 is 1.09 bits per heavy atom. The molecule has 0 aliphatic carbocycles. The van der Waals surface area contributed by atoms with Gasteiger partial charge in [-0.05, 0) is 66.9 Å². The van der Waals surface area contributed by atoms with Crippen molar-refractivity contribution in [2.45, 2.75) is 63.8 Å². The Labute approximate surface area is 261 Å². The van der Waals surface area contributed by atoms with Crippen LogP contribution in [-0.2, 0) is 25.8 Å². The molecule has 1 aliphatic heterocycles. The van der Waals surface area contributed by atoms with E-state index in [9.17, 15) is 44.3 Å². The molecule has 1 amide bonds. The third kappa shape index (κ3) is 11.2. The SMILES string of the molecule is CC(N)=O.CC1CN(S(=O)(=O)c2cccc(C(F)(F)F)c2)c2cc(-c3cc(F)cc(OC(F)F)c3)ccc2O1.CCCCC(=O)O. The third-order valence-corrected chi connectivity index (χ3v) is 7.68. The number of sulfonamides is 1. The fourth-order valence-electron chi connectivity index (χ4n) is 3.99. The van der Waals surface area contributed by atoms with Crippen molar-refractivity contribution in [3.63, 3.8) is 0 Å². The number of carboxylic acid groups (broad SMARTS) is 1. The molecular formula is C30H32F6N2O7S. The van der Waals surface area contributed by atoms with E-state index in [2.05, 4.69) is 10.5 Å². The summed E-state index contributed by atoms with van der Waals surface area (Å²) in [5, 5.41) is 8.04. The minimum absolute atomic E-state index is 0.00130. The second kappa shape index (κ2) is 16.2. The number of nitrogens with zero attached hydrogens (tertiary/aromatic N) is 1. The Bertz CT molecular complexity index is 1610. The highest BCUT2D eigenvalue weighted by atomic mass is 32.2. The Balaban J connectivity index is 0.000000577. The predicted molar refractivity (Wildman–Crippen MR) is 157 cm³/mol. The molecule has 1 aliphatic rings. The molecule has 3 N–H and O–H groups in total. The summed E-state index contributed by atoms with van der Waals surface area (Å²) in [6.45, 7) is 1.48. The van der Waals surface area contributed by atoms with Gasteiger partial charge in [-0.15, -0.1) is 0 Å². The van der Waals surface area contributed by atoms with Crippen LogP contribution in [0.3, 0.4) is 0 Å². The van der Waals surface area contributed by atoms with E-state index in [0.717, 1.165) is 53.5 Å². The largest absolute Gasteiger partial charge is 0.487 e. The van der Waals surface area contributed by atoms with Crippen LogP contribution in [0.1, 0.15) is 45.6 Å². The van der Waals surface area contributed by atoms with Crippen molar-refractivity contribution in [3.05, 3.63) is 72.0 Å². The fraction of sp³-hybridized carbons (Fsp3) is 0.333. The van der Waals surface area contributed by atoms with E-state index in [1.165, 1.54) is 25.1 Å². The number of nitrogens with two attached hydrogens (primary N) is 1. The maximum absolute atomic E-state index is 14.0. The number of unbranched alkanes of at least 4 members (excludes halogenated alkanes) is 1. The summed E-state index contributed by atoms with van der Waals surface area (Å²) in [6.07, 6.45) is -3.29. The standard InChI is InChI=1S/C23H17F6NO4S.C5H10O2.C2H5NO/c1-13-12-30(35(31,32)19-4-2-3-16(10-19)23(27,28)29)20-9-14(5-6-21(20)33-13)15-7-17(24)11-18(8-15)34-22(25)26;1-2-3-4-5(6)7;1-2(3)4/h2-11,13,22H,12H2,1H3;2-4H2,1H3,(H,6,7);1H3,(H2,3,4). The zero-order valence-corrected chi connectivity index (χ0v) is 25.7. The van der Waals surface area contributed by atoms with E-state index in [1.54, 1.807) is 6.92 Å². The van der Waals surface area contributed by atoms with Crippen molar-refractivity contribution in [1.82, 2.24) is 0 Å². The van der Waals surface area contributed by atoms with Crippen LogP contribution in [-0.4, -0.2) is 44.7 Å². The Hall–Kier alpha value is -4.47. The van der Waals surface area contributed by atoms with Crippen LogP contribution in [0.4, 0.5) is 32.0 Å². The van der Waals surface area contributed by atoms with Gasteiger partial charge in [0.2, 0.25) is 5.91 Å². The van der Waals surface area contributed by atoms with Gasteiger partial charge in [0, 0.05) is 19.4 Å². The van der Waals surface area contributed by atoms with Crippen LogP contribution < -0.4 is 19.5 Å². The number of carbonyl (C=O) groups is 2. The number of fused-ring (bicyclic) bond motifs is 1. The molecule has 0 aromatic heterocycles. The molecule has 252 valence electrons. The summed E-state index contributed by atoms with van der Waals surface area (Å²) in [5.74, 6) is -2.20. The number of aliphatic carboxylic acids is 1. The normalized spacial score (nSPS) is 14.1. The molecule has 1 unspecified atom stereocenters. The first kappa shape index (κ1) is 37.7. The Kier molecular flexibility index (Phi) is 13.3. The van der Waals surface area contributed by atoms with Crippen LogP contribution in [0.25, 0.3) is 11.1 Å². The lowest BCUT2D eigenvalue weighted by molar-refractivity contribution is -0.138. The molecule has 9 nitrogen and oxygen atoms in total. The van der Waals surface area contributed by atoms with Crippen molar-refractivity contribution in [2.75, 3.05) is 10.8 Å². The van der Waals surface area contributed by atoms with Crippen LogP contribution in [0.15, 0.2) is 65.6 Å². The van der Waals surface area contributed by atoms with Crippen LogP contribution in [0.5, 0.6) is 11.5 Å². The third-order valence-electron chi connectivity index (χ3n) is 5.90. The number of carboxylic acids is 1. The summed E-state index contributed by atoms with van der Waals surface area (Å²) in [6, 6.07) is 10.5. The number of benzene rings is 3. The second-order valence-corrected chi connectivity index (χ2v) is 11.7. The van der Waals surface area contributed by atoms with Crippen molar-refractivity contribution < 1.29 is 58.9 Å². The van der Waals surface area contributed by atoms with Gasteiger partial charge in [0.05, 0.1) is 22.7 Å². The monoisotopic (exact) mass is 678 g/mol. The van der Waals surface area contributed by atoms with Crippen molar-refractivity contribution in [2.24, 2.45) is 5.73 Å². The molecular weight excluding hydrogens is 646 g/mol. The van der Waals surface area contributed by atoms with Gasteiger partial charge in [0.25, 0.3) is 10.0 Å². The lowest BCUT2D eigenvalue weighted by Crippen LogP contribution is -2.42. The predicted octanol–water partition coefficient (Wildman–Crippen LogP) is 6.84. The van der Waals surface area contributed by atoms with Gasteiger partial charge in [-0.2, -0.15) is 22.0 Å². The number of hydrogen-bond donors (Lipinski definition) is 2. The minimum atomic E-state index is -4.75. The van der Waals surface area contributed by atoms with Gasteiger partial charge in [0.1, 0.15) is 23.4 Å². The van der Waals surface area contributed by atoms with E-state index < -0.39 is 56.9 Å². The first-order valence-electron chi connectivity index (χ1n) is 13.6. The number of anilines is 1. The first-order chi connectivity index (χ1) is 21.3. The van der Waals surface area contributed by atoms with Gasteiger partial charge < -0.3 is 20.3 Å². The second-order valence-electron chi connectivity index (χ2n) is 9.83. The summed E-state index contributed by atoms with van der Waals surface area (Å²) >= 11 is 0. The number of primary amides is 1. The van der Waals surface area contributed by atoms with E-state index >= 15 is 0 Å². The first-order valence-corrected chi connectivity index (χ1v) is 15.0. The summed E-state index contributed by atoms with van der Waals surface area (Å²) in [4.78, 5) is 18.4. The highest BCUT2D eigenvalue weighted by Gasteiger charge is 2.36. The molecule has 0 bridgehead atoms. The zero-order chi connectivity index (χ0) is 34.8. The fourth-order valence-corrected chi connectivity index (χ4v) is 5.58. The van der Waals surface area contributed by atoms with E-state index in [1.807, 2.05) is 6.92 Å². The number of amides is 1. The average molecular weight is 679 g/mol. The van der Waals surface area contributed by atoms with Gasteiger partial charge >= 0.3 is 18.8 Å². The molecule has 1 heterocycles. The Morgan fingerprint density at radius 2 is 1.74 bits per heavy atom. The molecule has 16 heteroatoms. The maximum Gasteiger partial charge on any atom is 0.416 e. The molecule has 1 atom stereocenters. The number of carbonyl (C=O) groups excluding carboxylic acids is 1. The van der Waals surface area contributed by atoms with Crippen molar-refractivity contribution in [3.8, 4) is 22.6 Å². The van der Waals surface area contributed by atoms with Crippen LogP contribution in [0.2, 0.25) is 0 Å². The average Bonchev–Trinajstić information content (AvgIpc) is 2.94. The van der Waals surface area contributed by atoms with Gasteiger partial charge in [-0.1, -0.05) is 25.5 Å². The number of ether oxygens (including phenoxy) is 2. The number of halogens is 6. The minimum Gasteiger partial charge on any atom is -0.487 e. The molecule has 0 saturated heterocycles. The summed E-state index contributed by atoms with van der Waals surface area (Å²) in [7, 11) is -4.47. The number of rotatable bonds is 8. The Morgan fingerprint density at radius 3 is 2.28 bits per heavy atom. The van der Waals surface area contributed by atoms with Crippen molar-refractivity contribution in [1.29, 1.82) is 0 Å². The van der Waals surface area contributed by atoms with Gasteiger partial charge in [-0.3, -0.25) is 13.9 Å². The molecule has 46 heavy (non-hydrogen) atoms. The maximum atomic E-state index is 14.0. The molecule has 4 rings (SSSR count). The highest BCUT2D eigenvalue weighted by molar-refractivity contribution is 7.92. The smallest absolute Gasteiger partial charge is 0.416 e. The molecule has 0 fully saturated rings. The van der Waals surface area contributed by atoms with E-state index in [0.29, 0.717) is 12.5 Å². The molecule has 0 radical (unpaired) electrons. The molecule has 0 saturated carbocycles. The van der Waals surface area contributed by atoms with Gasteiger partial charge in [0.15, 0.2) is 0 Å². The van der Waals surface area contributed by atoms with Crippen molar-refractivity contribution >= 4 is 27.6 Å². The quantitative estimate of drug-likeness (QED) is 0.249. The lowest BCUT2D eigenvalue weighted by Gasteiger charge is -2.34. The zero-order valence-electron chi connectivity index (χ0n) is 24.9. The van der Waals surface area contributed by atoms with E-state index in [4.69, 9.17) is 9.84 Å². The van der Waals surface area contributed by atoms with Crippen LogP contribution >= 0.6 is 0 Å². The molecule has 3 aromatic carbocycles. The topological polar surface area (TPSA) is 136 Å². The number of alkyl halides is 5. The van der Waals surface area contributed by atoms with Crippen LogP contribution in [0, 0.1) is 5.82 Å². The number of hydrogen-bond acceptors (Lipinski definition) is 6. The summed E-state index contributed by atoms with van der Waals surface area (Å²) in [5.41, 5.74) is 3.70. The lowest BCUT2D eigenvalue weighted by atomic mass is 10.0. The van der Waals surface area contributed by atoms with E-state index in [-0.39, 0.29) is 35.0 Å². The molecule has 3 aromatic rings. The highest BCUT2D eigenvalue weighted by Crippen LogP contribution is 2.41. The summed E-state index contributed by atoms with van der Waals surface area (Å²) < 4.78 is 116. The van der Waals surface area contributed by atoms with Gasteiger partial charge in [-0.25, -0.2) is 12.8 Å². The molecule has 0 spiro atoms.